The molecule has 0 bridgehead atoms. The summed E-state index contributed by atoms with van der Waals surface area (Å²) in [5.74, 6) is 0.279. The maximum absolute atomic E-state index is 13.2. The Kier molecular flexibility index (Phi) is 6.44. The van der Waals surface area contributed by atoms with E-state index in [1.54, 1.807) is 24.1 Å². The number of benzene rings is 1. The molecule has 0 radical (unpaired) electrons. The SMILES string of the molecule is COC(=O)c1ccc(CN(C(=O)N2CCNCC2)c2ccc(OC)cc2)nc1. The number of hydrogen-bond donors (Lipinski definition) is 1. The van der Waals surface area contributed by atoms with Crippen molar-refractivity contribution in [3.05, 3.63) is 53.9 Å². The van der Waals surface area contributed by atoms with Crippen LogP contribution in [0.25, 0.3) is 0 Å². The molecule has 3 rings (SSSR count). The molecule has 2 heterocycles. The minimum Gasteiger partial charge on any atom is -0.497 e. The summed E-state index contributed by atoms with van der Waals surface area (Å²) in [6.07, 6.45) is 1.46. The number of pyridine rings is 1. The van der Waals surface area contributed by atoms with E-state index in [0.717, 1.165) is 24.5 Å². The normalized spacial score (nSPS) is 13.7. The standard InChI is InChI=1S/C20H24N4O4/c1-27-18-7-5-17(6-8-18)24(20(26)23-11-9-21-10-12-23)14-16-4-3-15(13-22-16)19(25)28-2/h3-8,13,21H,9-12,14H2,1-2H3. The van der Waals surface area contributed by atoms with Crippen molar-refractivity contribution in [1.82, 2.24) is 15.2 Å². The van der Waals surface area contributed by atoms with Crippen LogP contribution in [0.2, 0.25) is 0 Å². The van der Waals surface area contributed by atoms with E-state index in [2.05, 4.69) is 10.3 Å². The van der Waals surface area contributed by atoms with Crippen molar-refractivity contribution < 1.29 is 19.1 Å². The number of methoxy groups -OCH3 is 2. The van der Waals surface area contributed by atoms with E-state index in [9.17, 15) is 9.59 Å². The van der Waals surface area contributed by atoms with Crippen molar-refractivity contribution in [3.8, 4) is 5.75 Å². The van der Waals surface area contributed by atoms with Gasteiger partial charge in [-0.3, -0.25) is 9.88 Å². The van der Waals surface area contributed by atoms with E-state index < -0.39 is 5.97 Å². The molecule has 0 unspecified atom stereocenters. The van der Waals surface area contributed by atoms with Gasteiger partial charge in [0.1, 0.15) is 5.75 Å². The molecule has 8 heteroatoms. The maximum Gasteiger partial charge on any atom is 0.339 e. The van der Waals surface area contributed by atoms with Gasteiger partial charge in [0.15, 0.2) is 0 Å². The molecule has 0 spiro atoms. The lowest BCUT2D eigenvalue weighted by molar-refractivity contribution is 0.0600. The number of hydrogen-bond acceptors (Lipinski definition) is 6. The molecular formula is C20H24N4O4. The number of ether oxygens (including phenoxy) is 2. The minimum atomic E-state index is -0.442. The van der Waals surface area contributed by atoms with Crippen LogP contribution in [0.15, 0.2) is 42.6 Å². The first-order valence-corrected chi connectivity index (χ1v) is 9.07. The van der Waals surface area contributed by atoms with Gasteiger partial charge in [0.2, 0.25) is 0 Å². The van der Waals surface area contributed by atoms with E-state index in [1.165, 1.54) is 13.3 Å². The van der Waals surface area contributed by atoms with Crippen molar-refractivity contribution in [2.45, 2.75) is 6.54 Å². The molecule has 2 amide bonds. The Morgan fingerprint density at radius 1 is 1.11 bits per heavy atom. The van der Waals surface area contributed by atoms with Gasteiger partial charge in [-0.15, -0.1) is 0 Å². The highest BCUT2D eigenvalue weighted by atomic mass is 16.5. The maximum atomic E-state index is 13.2. The number of rotatable bonds is 5. The van der Waals surface area contributed by atoms with Gasteiger partial charge in [-0.25, -0.2) is 9.59 Å². The third-order valence-electron chi connectivity index (χ3n) is 4.57. The fourth-order valence-electron chi connectivity index (χ4n) is 2.98. The largest absolute Gasteiger partial charge is 0.497 e. The van der Waals surface area contributed by atoms with Crippen molar-refractivity contribution in [3.63, 3.8) is 0 Å². The Morgan fingerprint density at radius 3 is 2.39 bits per heavy atom. The second kappa shape index (κ2) is 9.18. The van der Waals surface area contributed by atoms with Crippen LogP contribution < -0.4 is 15.0 Å². The first-order chi connectivity index (χ1) is 13.6. The number of carbonyl (C=O) groups is 2. The minimum absolute atomic E-state index is 0.0782. The fourth-order valence-corrected chi connectivity index (χ4v) is 2.98. The van der Waals surface area contributed by atoms with Crippen LogP contribution in [0.5, 0.6) is 5.75 Å². The van der Waals surface area contributed by atoms with Crippen LogP contribution in [0.1, 0.15) is 16.1 Å². The summed E-state index contributed by atoms with van der Waals surface area (Å²) in [6.45, 7) is 3.14. The molecule has 8 nitrogen and oxygen atoms in total. The number of carbonyl (C=O) groups excluding carboxylic acids is 2. The summed E-state index contributed by atoms with van der Waals surface area (Å²) in [5.41, 5.74) is 1.80. The summed E-state index contributed by atoms with van der Waals surface area (Å²) >= 11 is 0. The van der Waals surface area contributed by atoms with Gasteiger partial charge in [0.05, 0.1) is 32.0 Å². The Labute approximate surface area is 164 Å². The van der Waals surface area contributed by atoms with Crippen molar-refractivity contribution in [2.75, 3.05) is 45.3 Å². The van der Waals surface area contributed by atoms with E-state index in [-0.39, 0.29) is 12.6 Å². The lowest BCUT2D eigenvalue weighted by Crippen LogP contribution is -2.51. The first kappa shape index (κ1) is 19.6. The van der Waals surface area contributed by atoms with Gasteiger partial charge in [0, 0.05) is 38.1 Å². The molecule has 1 N–H and O–H groups in total. The molecule has 28 heavy (non-hydrogen) atoms. The van der Waals surface area contributed by atoms with Gasteiger partial charge < -0.3 is 19.7 Å². The van der Waals surface area contributed by atoms with Gasteiger partial charge in [0.25, 0.3) is 0 Å². The molecule has 1 aromatic heterocycles. The number of amides is 2. The monoisotopic (exact) mass is 384 g/mol. The number of urea groups is 1. The zero-order chi connectivity index (χ0) is 19.9. The molecule has 1 aliphatic heterocycles. The first-order valence-electron chi connectivity index (χ1n) is 9.07. The predicted octanol–water partition coefficient (Wildman–Crippen LogP) is 1.91. The van der Waals surface area contributed by atoms with Crippen LogP contribution in [0, 0.1) is 0 Å². The van der Waals surface area contributed by atoms with Gasteiger partial charge in [-0.05, 0) is 36.4 Å². The van der Waals surface area contributed by atoms with Crippen LogP contribution in [0.3, 0.4) is 0 Å². The summed E-state index contributed by atoms with van der Waals surface area (Å²) in [4.78, 5) is 32.6. The fraction of sp³-hybridized carbons (Fsp3) is 0.350. The Hall–Kier alpha value is -3.13. The molecule has 0 saturated carbocycles. The quantitative estimate of drug-likeness (QED) is 0.793. The Bertz CT molecular complexity index is 802. The molecule has 148 valence electrons. The van der Waals surface area contributed by atoms with Gasteiger partial charge in [-0.2, -0.15) is 0 Å². The second-order valence-electron chi connectivity index (χ2n) is 6.33. The van der Waals surface area contributed by atoms with Crippen molar-refractivity contribution >= 4 is 17.7 Å². The third kappa shape index (κ3) is 4.58. The summed E-state index contributed by atoms with van der Waals surface area (Å²) in [5, 5.41) is 3.25. The number of nitrogens with zero attached hydrogens (tertiary/aromatic N) is 3. The zero-order valence-electron chi connectivity index (χ0n) is 16.1. The highest BCUT2D eigenvalue weighted by molar-refractivity contribution is 5.92. The summed E-state index contributed by atoms with van der Waals surface area (Å²) in [7, 11) is 2.93. The lowest BCUT2D eigenvalue weighted by Gasteiger charge is -2.33. The summed E-state index contributed by atoms with van der Waals surface area (Å²) in [6, 6.07) is 10.6. The second-order valence-corrected chi connectivity index (χ2v) is 6.33. The van der Waals surface area contributed by atoms with Crippen LogP contribution >= 0.6 is 0 Å². The smallest absolute Gasteiger partial charge is 0.339 e. The van der Waals surface area contributed by atoms with Crippen LogP contribution in [0.4, 0.5) is 10.5 Å². The molecule has 1 aliphatic rings. The average Bonchev–Trinajstić information content (AvgIpc) is 2.77. The number of aromatic nitrogens is 1. The predicted molar refractivity (Wildman–Crippen MR) is 105 cm³/mol. The van der Waals surface area contributed by atoms with Crippen LogP contribution in [-0.2, 0) is 11.3 Å². The number of piperazine rings is 1. The highest BCUT2D eigenvalue weighted by Crippen LogP contribution is 2.22. The van der Waals surface area contributed by atoms with E-state index in [4.69, 9.17) is 9.47 Å². The zero-order valence-corrected chi connectivity index (χ0v) is 16.1. The number of anilines is 1. The lowest BCUT2D eigenvalue weighted by atomic mass is 10.2. The Balaban J connectivity index is 1.84. The highest BCUT2D eigenvalue weighted by Gasteiger charge is 2.24. The molecular weight excluding hydrogens is 360 g/mol. The third-order valence-corrected chi connectivity index (χ3v) is 4.57. The Morgan fingerprint density at radius 2 is 1.82 bits per heavy atom. The number of esters is 1. The van der Waals surface area contributed by atoms with E-state index >= 15 is 0 Å². The van der Waals surface area contributed by atoms with E-state index in [1.807, 2.05) is 29.2 Å². The van der Waals surface area contributed by atoms with Gasteiger partial charge >= 0.3 is 12.0 Å². The average molecular weight is 384 g/mol. The van der Waals surface area contributed by atoms with Gasteiger partial charge in [-0.1, -0.05) is 0 Å². The van der Waals surface area contributed by atoms with Crippen molar-refractivity contribution in [1.29, 1.82) is 0 Å². The number of nitrogens with one attached hydrogen (secondary N) is 1. The van der Waals surface area contributed by atoms with Crippen LogP contribution in [-0.4, -0.2) is 62.3 Å². The molecule has 0 atom stereocenters. The van der Waals surface area contributed by atoms with E-state index in [0.29, 0.717) is 24.3 Å². The van der Waals surface area contributed by atoms with Crippen molar-refractivity contribution in [2.24, 2.45) is 0 Å². The molecule has 0 aliphatic carbocycles. The molecule has 2 aromatic rings. The topological polar surface area (TPSA) is 84.0 Å². The molecule has 1 aromatic carbocycles. The summed E-state index contributed by atoms with van der Waals surface area (Å²) < 4.78 is 9.91. The molecule has 1 fully saturated rings. The molecule has 1 saturated heterocycles.